The summed E-state index contributed by atoms with van der Waals surface area (Å²) < 4.78 is 11.4. The van der Waals surface area contributed by atoms with E-state index in [9.17, 15) is 4.79 Å². The Labute approximate surface area is 150 Å². The molecule has 0 aliphatic heterocycles. The lowest BCUT2D eigenvalue weighted by Crippen LogP contribution is -2.24. The van der Waals surface area contributed by atoms with Gasteiger partial charge < -0.3 is 14.8 Å². The van der Waals surface area contributed by atoms with Crippen LogP contribution in [0.3, 0.4) is 0 Å². The van der Waals surface area contributed by atoms with Crippen LogP contribution in [0.25, 0.3) is 6.08 Å². The van der Waals surface area contributed by atoms with Gasteiger partial charge in [0, 0.05) is 10.5 Å². The molecule has 5 heteroatoms. The lowest BCUT2D eigenvalue weighted by Gasteiger charge is -2.14. The lowest BCUT2D eigenvalue weighted by molar-refractivity contribution is -0.117. The monoisotopic (exact) mass is 389 g/mol. The molecular formula is C19H20BrNO3. The molecular weight excluding hydrogens is 370 g/mol. The summed E-state index contributed by atoms with van der Waals surface area (Å²) in [6, 6.07) is 13.2. The van der Waals surface area contributed by atoms with E-state index in [0.29, 0.717) is 11.5 Å². The third-order valence-corrected chi connectivity index (χ3v) is 4.29. The number of amides is 1. The zero-order valence-electron chi connectivity index (χ0n) is 13.9. The third kappa shape index (κ3) is 4.61. The molecule has 0 saturated carbocycles. The van der Waals surface area contributed by atoms with Crippen molar-refractivity contribution in [3.63, 3.8) is 0 Å². The number of hydrogen-bond donors (Lipinski definition) is 1. The molecule has 1 N–H and O–H groups in total. The highest BCUT2D eigenvalue weighted by molar-refractivity contribution is 9.10. The van der Waals surface area contributed by atoms with E-state index in [1.807, 2.05) is 43.3 Å². The van der Waals surface area contributed by atoms with E-state index in [1.165, 1.54) is 6.08 Å². The van der Waals surface area contributed by atoms with Crippen molar-refractivity contribution in [3.8, 4) is 11.5 Å². The predicted octanol–water partition coefficient (Wildman–Crippen LogP) is 4.36. The molecule has 0 aliphatic carbocycles. The van der Waals surface area contributed by atoms with E-state index in [-0.39, 0.29) is 11.9 Å². The molecule has 0 heterocycles. The second-order valence-corrected chi connectivity index (χ2v) is 6.05. The third-order valence-electron chi connectivity index (χ3n) is 3.57. The number of ether oxygens (including phenoxy) is 2. The number of carbonyl (C=O) groups is 1. The first-order valence-corrected chi connectivity index (χ1v) is 8.29. The van der Waals surface area contributed by atoms with Gasteiger partial charge in [-0.15, -0.1) is 0 Å². The maximum absolute atomic E-state index is 12.1. The molecule has 1 amide bonds. The van der Waals surface area contributed by atoms with Crippen LogP contribution < -0.4 is 14.8 Å². The molecule has 0 bridgehead atoms. The van der Waals surface area contributed by atoms with Crippen LogP contribution in [0.2, 0.25) is 0 Å². The number of carbonyl (C=O) groups excluding carboxylic acids is 1. The first-order chi connectivity index (χ1) is 11.5. The Bertz CT molecular complexity index is 743. The van der Waals surface area contributed by atoms with Crippen LogP contribution in [0.1, 0.15) is 24.1 Å². The molecule has 2 aromatic rings. The lowest BCUT2D eigenvalue weighted by atomic mass is 10.1. The molecule has 126 valence electrons. The Kier molecular flexibility index (Phi) is 6.44. The number of nitrogens with one attached hydrogen (secondary N) is 1. The minimum absolute atomic E-state index is 0.0943. The molecule has 2 aromatic carbocycles. The first kappa shape index (κ1) is 18.1. The zero-order valence-corrected chi connectivity index (χ0v) is 15.5. The highest BCUT2D eigenvalue weighted by Gasteiger charge is 2.10. The summed E-state index contributed by atoms with van der Waals surface area (Å²) in [7, 11) is 3.17. The topological polar surface area (TPSA) is 47.6 Å². The van der Waals surface area contributed by atoms with Crippen molar-refractivity contribution in [2.75, 3.05) is 14.2 Å². The minimum atomic E-state index is -0.159. The summed E-state index contributed by atoms with van der Waals surface area (Å²) in [6.45, 7) is 1.95. The van der Waals surface area contributed by atoms with E-state index in [1.54, 1.807) is 26.4 Å². The smallest absolute Gasteiger partial charge is 0.244 e. The van der Waals surface area contributed by atoms with Gasteiger partial charge in [0.15, 0.2) is 11.5 Å². The largest absolute Gasteiger partial charge is 0.493 e. The van der Waals surface area contributed by atoms with Crippen LogP contribution in [0, 0.1) is 0 Å². The fourth-order valence-electron chi connectivity index (χ4n) is 2.29. The second-order valence-electron chi connectivity index (χ2n) is 5.20. The molecule has 4 nitrogen and oxygen atoms in total. The van der Waals surface area contributed by atoms with Gasteiger partial charge in [0.2, 0.25) is 5.91 Å². The fraction of sp³-hybridized carbons (Fsp3) is 0.211. The Morgan fingerprint density at radius 1 is 1.12 bits per heavy atom. The Hall–Kier alpha value is -2.27. The van der Waals surface area contributed by atoms with Crippen molar-refractivity contribution in [3.05, 3.63) is 64.1 Å². The normalized spacial score (nSPS) is 12.0. The quantitative estimate of drug-likeness (QED) is 0.746. The Morgan fingerprint density at radius 2 is 1.83 bits per heavy atom. The Balaban J connectivity index is 2.04. The molecule has 1 atom stereocenters. The van der Waals surface area contributed by atoms with Crippen molar-refractivity contribution in [2.24, 2.45) is 0 Å². The Morgan fingerprint density at radius 3 is 2.50 bits per heavy atom. The van der Waals surface area contributed by atoms with Gasteiger partial charge in [-0.2, -0.15) is 0 Å². The number of halogens is 1. The molecule has 0 aromatic heterocycles. The number of hydrogen-bond acceptors (Lipinski definition) is 3. The number of benzene rings is 2. The summed E-state index contributed by atoms with van der Waals surface area (Å²) in [5.41, 5.74) is 1.89. The van der Waals surface area contributed by atoms with Crippen molar-refractivity contribution in [2.45, 2.75) is 13.0 Å². The van der Waals surface area contributed by atoms with Gasteiger partial charge in [-0.25, -0.2) is 0 Å². The van der Waals surface area contributed by atoms with E-state index in [4.69, 9.17) is 9.47 Å². The fourth-order valence-corrected chi connectivity index (χ4v) is 2.92. The van der Waals surface area contributed by atoms with Crippen molar-refractivity contribution >= 4 is 27.9 Å². The average molecular weight is 390 g/mol. The summed E-state index contributed by atoms with van der Waals surface area (Å²) in [5, 5.41) is 2.95. The molecule has 0 saturated heterocycles. The van der Waals surface area contributed by atoms with Crippen LogP contribution in [-0.4, -0.2) is 20.1 Å². The first-order valence-electron chi connectivity index (χ1n) is 7.50. The maximum atomic E-state index is 12.1. The summed E-state index contributed by atoms with van der Waals surface area (Å²) >= 11 is 3.50. The molecule has 0 aliphatic rings. The maximum Gasteiger partial charge on any atom is 0.244 e. The molecule has 0 fully saturated rings. The van der Waals surface area contributed by atoms with Crippen LogP contribution >= 0.6 is 15.9 Å². The van der Waals surface area contributed by atoms with E-state index < -0.39 is 0 Å². The number of methoxy groups -OCH3 is 2. The van der Waals surface area contributed by atoms with Crippen LogP contribution in [0.15, 0.2) is 53.0 Å². The summed E-state index contributed by atoms with van der Waals surface area (Å²) in [4.78, 5) is 12.1. The van der Waals surface area contributed by atoms with Gasteiger partial charge in [0.25, 0.3) is 0 Å². The van der Waals surface area contributed by atoms with Gasteiger partial charge in [0.1, 0.15) is 0 Å². The SMILES string of the molecule is COc1ccc(/C=C/C(=O)N[C@@H](C)c2ccccc2Br)cc1OC. The van der Waals surface area contributed by atoms with Crippen molar-refractivity contribution in [1.29, 1.82) is 0 Å². The van der Waals surface area contributed by atoms with E-state index in [2.05, 4.69) is 21.2 Å². The minimum Gasteiger partial charge on any atom is -0.493 e. The van der Waals surface area contributed by atoms with E-state index >= 15 is 0 Å². The van der Waals surface area contributed by atoms with E-state index in [0.717, 1.165) is 15.6 Å². The standard InChI is InChI=1S/C19H20BrNO3/c1-13(15-6-4-5-7-16(15)20)21-19(22)11-9-14-8-10-17(23-2)18(12-14)24-3/h4-13H,1-3H3,(H,21,22)/b11-9+/t13-/m0/s1. The van der Waals surface area contributed by atoms with Gasteiger partial charge in [-0.1, -0.05) is 40.2 Å². The van der Waals surface area contributed by atoms with Gasteiger partial charge in [-0.05, 0) is 42.3 Å². The highest BCUT2D eigenvalue weighted by atomic mass is 79.9. The van der Waals surface area contributed by atoms with Crippen molar-refractivity contribution < 1.29 is 14.3 Å². The molecule has 0 radical (unpaired) electrons. The average Bonchev–Trinajstić information content (AvgIpc) is 2.59. The van der Waals surface area contributed by atoms with Gasteiger partial charge in [0.05, 0.1) is 20.3 Å². The molecule has 0 spiro atoms. The van der Waals surface area contributed by atoms with Crippen LogP contribution in [-0.2, 0) is 4.79 Å². The summed E-state index contributed by atoms with van der Waals surface area (Å²) in [5.74, 6) is 1.12. The molecule has 2 rings (SSSR count). The zero-order chi connectivity index (χ0) is 17.5. The van der Waals surface area contributed by atoms with Crippen LogP contribution in [0.5, 0.6) is 11.5 Å². The number of rotatable bonds is 6. The van der Waals surface area contributed by atoms with Gasteiger partial charge >= 0.3 is 0 Å². The van der Waals surface area contributed by atoms with Crippen LogP contribution in [0.4, 0.5) is 0 Å². The second kappa shape index (κ2) is 8.55. The highest BCUT2D eigenvalue weighted by Crippen LogP contribution is 2.28. The van der Waals surface area contributed by atoms with Gasteiger partial charge in [-0.3, -0.25) is 4.79 Å². The molecule has 0 unspecified atom stereocenters. The van der Waals surface area contributed by atoms with Crippen molar-refractivity contribution in [1.82, 2.24) is 5.32 Å². The molecule has 24 heavy (non-hydrogen) atoms. The summed E-state index contributed by atoms with van der Waals surface area (Å²) in [6.07, 6.45) is 3.25. The predicted molar refractivity (Wildman–Crippen MR) is 99.3 cm³/mol.